The van der Waals surface area contributed by atoms with E-state index in [1.165, 1.54) is 24.1 Å². The highest BCUT2D eigenvalue weighted by Crippen LogP contribution is 2.25. The van der Waals surface area contributed by atoms with Crippen LogP contribution in [0.1, 0.15) is 6.23 Å². The highest BCUT2D eigenvalue weighted by atomic mass is 31.2. The van der Waals surface area contributed by atoms with E-state index in [0.29, 0.717) is 0 Å². The van der Waals surface area contributed by atoms with Crippen LogP contribution in [-0.4, -0.2) is 60.8 Å². The summed E-state index contributed by atoms with van der Waals surface area (Å²) in [5, 5.41) is 9.37. The number of nitrogens with one attached hydrogen (secondary N) is 1. The van der Waals surface area contributed by atoms with Gasteiger partial charge in [0.1, 0.15) is 6.10 Å². The monoisotopic (exact) mass is 359 g/mol. The van der Waals surface area contributed by atoms with Crippen molar-refractivity contribution in [2.45, 2.75) is 12.3 Å². The zero-order valence-electron chi connectivity index (χ0n) is 12.7. The zero-order valence-corrected chi connectivity index (χ0v) is 13.6. The van der Waals surface area contributed by atoms with Gasteiger partial charge in [0.05, 0.1) is 19.5 Å². The Morgan fingerprint density at radius 1 is 1.54 bits per heavy atom. The lowest BCUT2D eigenvalue weighted by Crippen LogP contribution is -2.26. The van der Waals surface area contributed by atoms with E-state index < -0.39 is 32.9 Å². The quantitative estimate of drug-likeness (QED) is 0.372. The Bertz CT molecular complexity index is 760. The first-order valence-electron chi connectivity index (χ1n) is 6.79. The fourth-order valence-electron chi connectivity index (χ4n) is 2.01. The number of fused-ring (bicyclic) bond motifs is 1. The Hall–Kier alpha value is -1.88. The summed E-state index contributed by atoms with van der Waals surface area (Å²) in [7, 11) is -0.797. The number of nitrogens with two attached hydrogens (primary N) is 1. The number of aliphatic hydroxyl groups is 1. The number of aromatic amines is 1. The lowest BCUT2D eigenvalue weighted by atomic mass is 10.3. The number of anilines is 1. The van der Waals surface area contributed by atoms with E-state index in [1.807, 2.05) is 0 Å². The third-order valence-electron chi connectivity index (χ3n) is 3.02. The summed E-state index contributed by atoms with van der Waals surface area (Å²) < 4.78 is 12.2. The van der Waals surface area contributed by atoms with Crippen LogP contribution in [0.2, 0.25) is 0 Å². The first-order valence-corrected chi connectivity index (χ1v) is 8.10. The number of methoxy groups -OCH3 is 1. The van der Waals surface area contributed by atoms with E-state index in [-0.39, 0.29) is 23.7 Å². The van der Waals surface area contributed by atoms with Gasteiger partial charge in [-0.25, -0.2) is 4.98 Å². The minimum atomic E-state index is -2.25. The molecule has 0 saturated carbocycles. The van der Waals surface area contributed by atoms with Gasteiger partial charge in [-0.15, -0.1) is 0 Å². The van der Waals surface area contributed by atoms with Gasteiger partial charge in [0.2, 0.25) is 5.95 Å². The topological polar surface area (TPSA) is 169 Å². The van der Waals surface area contributed by atoms with E-state index in [9.17, 15) is 9.90 Å². The summed E-state index contributed by atoms with van der Waals surface area (Å²) in [6.07, 6.45) is 1.06. The van der Waals surface area contributed by atoms with Gasteiger partial charge in [-0.2, -0.15) is 4.98 Å². The van der Waals surface area contributed by atoms with Crippen molar-refractivity contribution in [1.82, 2.24) is 19.5 Å². The molecule has 0 aliphatic rings. The maximum atomic E-state index is 11.8. The van der Waals surface area contributed by atoms with Crippen molar-refractivity contribution < 1.29 is 24.4 Å². The van der Waals surface area contributed by atoms with E-state index in [4.69, 9.17) is 25.0 Å². The van der Waals surface area contributed by atoms with Gasteiger partial charge in [-0.05, 0) is 11.9 Å². The van der Waals surface area contributed by atoms with E-state index in [2.05, 4.69) is 15.0 Å². The predicted molar refractivity (Wildman–Crippen MR) is 85.9 cm³/mol. The van der Waals surface area contributed by atoms with E-state index in [1.54, 1.807) is 0 Å². The molecule has 2 aromatic rings. The molecule has 0 bridgehead atoms. The van der Waals surface area contributed by atoms with Gasteiger partial charge in [0.25, 0.3) is 5.56 Å². The normalized spacial score (nSPS) is 14.7. The molecular formula is C12H18N5O6P. The molecule has 1 unspecified atom stereocenters. The van der Waals surface area contributed by atoms with E-state index in [0.717, 1.165) is 5.82 Å². The Morgan fingerprint density at radius 2 is 2.29 bits per heavy atom. The summed E-state index contributed by atoms with van der Waals surface area (Å²) in [5.74, 6) is 1.04. The summed E-state index contributed by atoms with van der Waals surface area (Å²) in [6.45, 7) is -0.333. The Morgan fingerprint density at radius 3 is 2.92 bits per heavy atom. The van der Waals surface area contributed by atoms with Crippen LogP contribution < -0.4 is 11.3 Å². The van der Waals surface area contributed by atoms with Gasteiger partial charge in [0, 0.05) is 7.11 Å². The molecule has 0 amide bonds. The highest BCUT2D eigenvalue weighted by Gasteiger charge is 2.20. The van der Waals surface area contributed by atoms with Crippen LogP contribution in [0.5, 0.6) is 0 Å². The van der Waals surface area contributed by atoms with Crippen LogP contribution in [0, 0.1) is 0 Å². The number of nitrogen functional groups attached to an aromatic ring is 1. The summed E-state index contributed by atoms with van der Waals surface area (Å²) in [5.41, 5.74) is 5.34. The summed E-state index contributed by atoms with van der Waals surface area (Å²) in [6, 6.07) is 0. The molecule has 2 atom stereocenters. The standard InChI is InChI=1S/C12H18N5O6P/c1-22-5-8(23-7(4-18)2-3-24(20)21)17-6-14-9-10(17)15-12(13)16-11(9)19/h2-3,6-8,18,20-21H,4-5H2,1H3,(H3,13,15,16,19)/b3-2+/t7-,8?/m1/s1. The molecule has 2 heterocycles. The van der Waals surface area contributed by atoms with Crippen LogP contribution in [-0.2, 0) is 9.47 Å². The largest absolute Gasteiger partial charge is 0.393 e. The van der Waals surface area contributed by atoms with Crippen LogP contribution in [0.25, 0.3) is 11.2 Å². The summed E-state index contributed by atoms with van der Waals surface area (Å²) in [4.78, 5) is 40.0. The number of rotatable bonds is 8. The fraction of sp³-hybridized carbons (Fsp3) is 0.417. The minimum Gasteiger partial charge on any atom is -0.393 e. The minimum absolute atomic E-state index is 0.0667. The SMILES string of the molecule is COCC(O[C@H](/C=C/P(O)O)CO)n1cnc2c(=O)[nH]c(N)nc21. The molecule has 0 aromatic carbocycles. The summed E-state index contributed by atoms with van der Waals surface area (Å²) >= 11 is 0. The Labute approximate surface area is 137 Å². The van der Waals surface area contributed by atoms with Gasteiger partial charge in [-0.3, -0.25) is 14.3 Å². The number of ether oxygens (including phenoxy) is 2. The molecule has 0 aliphatic heterocycles. The van der Waals surface area contributed by atoms with Crippen LogP contribution in [0.15, 0.2) is 23.0 Å². The van der Waals surface area contributed by atoms with Crippen LogP contribution >= 0.6 is 8.38 Å². The van der Waals surface area contributed by atoms with E-state index >= 15 is 0 Å². The number of nitrogens with zero attached hydrogens (tertiary/aromatic N) is 3. The molecule has 12 heteroatoms. The molecular weight excluding hydrogens is 341 g/mol. The number of imidazole rings is 1. The van der Waals surface area contributed by atoms with Crippen molar-refractivity contribution in [3.05, 3.63) is 28.6 Å². The number of hydrogen-bond acceptors (Lipinski definition) is 9. The van der Waals surface area contributed by atoms with Gasteiger partial charge < -0.3 is 30.1 Å². The molecule has 0 aliphatic carbocycles. The Kier molecular flexibility index (Phi) is 6.37. The molecule has 11 nitrogen and oxygen atoms in total. The first kappa shape index (κ1) is 18.5. The smallest absolute Gasteiger partial charge is 0.280 e. The lowest BCUT2D eigenvalue weighted by molar-refractivity contribution is -0.0835. The average molecular weight is 359 g/mol. The number of hydrogen-bond donors (Lipinski definition) is 5. The van der Waals surface area contributed by atoms with Gasteiger partial charge in [-0.1, -0.05) is 0 Å². The van der Waals surface area contributed by atoms with Crippen molar-refractivity contribution in [3.63, 3.8) is 0 Å². The molecule has 2 aromatic heterocycles. The lowest BCUT2D eigenvalue weighted by Gasteiger charge is -2.22. The molecule has 132 valence electrons. The molecule has 6 N–H and O–H groups in total. The molecule has 2 rings (SSSR count). The number of aliphatic hydroxyl groups excluding tert-OH is 1. The molecule has 0 fully saturated rings. The number of aromatic nitrogens is 4. The third-order valence-corrected chi connectivity index (χ3v) is 3.45. The maximum Gasteiger partial charge on any atom is 0.280 e. The predicted octanol–water partition coefficient (Wildman–Crippen LogP) is -0.965. The second kappa shape index (κ2) is 8.29. The first-order chi connectivity index (χ1) is 11.5. The van der Waals surface area contributed by atoms with Crippen molar-refractivity contribution >= 4 is 25.5 Å². The average Bonchev–Trinajstić information content (AvgIpc) is 2.94. The van der Waals surface area contributed by atoms with Crippen molar-refractivity contribution in [2.24, 2.45) is 0 Å². The molecule has 0 radical (unpaired) electrons. The maximum absolute atomic E-state index is 11.8. The highest BCUT2D eigenvalue weighted by molar-refractivity contribution is 7.48. The third kappa shape index (κ3) is 4.35. The number of H-pyrrole nitrogens is 1. The molecule has 0 saturated heterocycles. The van der Waals surface area contributed by atoms with Crippen molar-refractivity contribution in [2.75, 3.05) is 26.1 Å². The second-order valence-corrected chi connectivity index (χ2v) is 5.64. The zero-order chi connectivity index (χ0) is 17.7. The van der Waals surface area contributed by atoms with Crippen molar-refractivity contribution in [3.8, 4) is 0 Å². The molecule has 24 heavy (non-hydrogen) atoms. The van der Waals surface area contributed by atoms with Gasteiger partial charge in [0.15, 0.2) is 25.8 Å². The Balaban J connectivity index is 2.35. The fourth-order valence-corrected chi connectivity index (χ4v) is 2.35. The van der Waals surface area contributed by atoms with Gasteiger partial charge >= 0.3 is 0 Å². The van der Waals surface area contributed by atoms with Crippen molar-refractivity contribution in [1.29, 1.82) is 0 Å². The molecule has 0 spiro atoms. The van der Waals surface area contributed by atoms with Crippen LogP contribution in [0.3, 0.4) is 0 Å². The second-order valence-electron chi connectivity index (χ2n) is 4.70. The van der Waals surface area contributed by atoms with Crippen LogP contribution in [0.4, 0.5) is 5.95 Å².